The molecule has 0 spiro atoms. The van der Waals surface area contributed by atoms with E-state index in [1.807, 2.05) is 0 Å². The first kappa shape index (κ1) is 10.0. The van der Waals surface area contributed by atoms with Crippen molar-refractivity contribution in [2.24, 2.45) is 0 Å². The molecule has 0 fully saturated rings. The molecular formula is C9H9ClO3. The summed E-state index contributed by atoms with van der Waals surface area (Å²) in [6.07, 6.45) is -0.992. The maximum absolute atomic E-state index is 10.7. The first-order valence-corrected chi connectivity index (χ1v) is 4.04. The van der Waals surface area contributed by atoms with Gasteiger partial charge in [0.25, 0.3) is 0 Å². The molecule has 1 rings (SSSR count). The van der Waals surface area contributed by atoms with Gasteiger partial charge in [-0.3, -0.25) is 0 Å². The Hall–Kier alpha value is -1.06. The molecule has 0 saturated carbocycles. The van der Waals surface area contributed by atoms with E-state index >= 15 is 0 Å². The van der Waals surface area contributed by atoms with Crippen LogP contribution in [-0.4, -0.2) is 18.2 Å². The van der Waals surface area contributed by atoms with Crippen LogP contribution in [0, 0.1) is 0 Å². The fourth-order valence-electron chi connectivity index (χ4n) is 1.05. The molecule has 1 aromatic rings. The SMILES string of the molecule is COC(C(=O)O)c1ccccc1Cl. The minimum Gasteiger partial charge on any atom is -0.479 e. The summed E-state index contributed by atoms with van der Waals surface area (Å²) < 4.78 is 4.79. The van der Waals surface area contributed by atoms with Gasteiger partial charge in [-0.15, -0.1) is 0 Å². The quantitative estimate of drug-likeness (QED) is 0.813. The predicted molar refractivity (Wildman–Crippen MR) is 48.8 cm³/mol. The van der Waals surface area contributed by atoms with Gasteiger partial charge in [0.1, 0.15) is 0 Å². The molecule has 0 aliphatic heterocycles. The van der Waals surface area contributed by atoms with Crippen LogP contribution in [0.2, 0.25) is 5.02 Å². The van der Waals surface area contributed by atoms with Gasteiger partial charge in [-0.25, -0.2) is 4.79 Å². The molecule has 1 N–H and O–H groups in total. The van der Waals surface area contributed by atoms with Gasteiger partial charge in [-0.1, -0.05) is 29.8 Å². The highest BCUT2D eigenvalue weighted by Gasteiger charge is 2.20. The second-order valence-electron chi connectivity index (χ2n) is 2.48. The molecule has 1 atom stereocenters. The monoisotopic (exact) mass is 200 g/mol. The number of ether oxygens (including phenoxy) is 1. The van der Waals surface area contributed by atoms with Gasteiger partial charge in [0.2, 0.25) is 0 Å². The smallest absolute Gasteiger partial charge is 0.337 e. The van der Waals surface area contributed by atoms with Crippen molar-refractivity contribution in [3.8, 4) is 0 Å². The summed E-state index contributed by atoms with van der Waals surface area (Å²) in [6.45, 7) is 0. The minimum absolute atomic E-state index is 0.400. The van der Waals surface area contributed by atoms with Gasteiger partial charge in [0.05, 0.1) is 0 Å². The summed E-state index contributed by atoms with van der Waals surface area (Å²) in [7, 11) is 1.34. The largest absolute Gasteiger partial charge is 0.479 e. The number of hydrogen-bond donors (Lipinski definition) is 1. The van der Waals surface area contributed by atoms with Crippen LogP contribution < -0.4 is 0 Å². The molecule has 0 saturated heterocycles. The van der Waals surface area contributed by atoms with Gasteiger partial charge < -0.3 is 9.84 Å². The van der Waals surface area contributed by atoms with E-state index in [-0.39, 0.29) is 0 Å². The van der Waals surface area contributed by atoms with Gasteiger partial charge in [0, 0.05) is 17.7 Å². The van der Waals surface area contributed by atoms with Crippen LogP contribution in [0.4, 0.5) is 0 Å². The highest BCUT2D eigenvalue weighted by molar-refractivity contribution is 6.31. The Morgan fingerprint density at radius 3 is 2.62 bits per heavy atom. The van der Waals surface area contributed by atoms with E-state index in [9.17, 15) is 4.79 Å². The van der Waals surface area contributed by atoms with Crippen molar-refractivity contribution < 1.29 is 14.6 Å². The Kier molecular flexibility index (Phi) is 3.28. The normalized spacial score (nSPS) is 12.5. The fraction of sp³-hybridized carbons (Fsp3) is 0.222. The molecule has 0 amide bonds. The number of carboxylic acid groups (broad SMARTS) is 1. The molecule has 3 nitrogen and oxygen atoms in total. The first-order chi connectivity index (χ1) is 6.16. The lowest BCUT2D eigenvalue weighted by Gasteiger charge is -2.11. The van der Waals surface area contributed by atoms with Crippen LogP contribution in [0.25, 0.3) is 0 Å². The highest BCUT2D eigenvalue weighted by Crippen LogP contribution is 2.24. The zero-order valence-corrected chi connectivity index (χ0v) is 7.78. The van der Waals surface area contributed by atoms with Crippen LogP contribution in [0.15, 0.2) is 24.3 Å². The van der Waals surface area contributed by atoms with Crippen LogP contribution in [-0.2, 0) is 9.53 Å². The van der Waals surface area contributed by atoms with E-state index in [0.29, 0.717) is 10.6 Å². The number of hydrogen-bond acceptors (Lipinski definition) is 2. The van der Waals surface area contributed by atoms with E-state index in [2.05, 4.69) is 0 Å². The number of halogens is 1. The maximum Gasteiger partial charge on any atom is 0.337 e. The van der Waals surface area contributed by atoms with E-state index in [4.69, 9.17) is 21.4 Å². The van der Waals surface area contributed by atoms with Gasteiger partial charge in [-0.05, 0) is 6.07 Å². The van der Waals surface area contributed by atoms with Crippen LogP contribution in [0.5, 0.6) is 0 Å². The van der Waals surface area contributed by atoms with Crippen LogP contribution in [0.3, 0.4) is 0 Å². The summed E-state index contributed by atoms with van der Waals surface area (Å²) in [6, 6.07) is 6.72. The number of carbonyl (C=O) groups is 1. The molecule has 4 heteroatoms. The molecule has 13 heavy (non-hydrogen) atoms. The lowest BCUT2D eigenvalue weighted by atomic mass is 10.1. The third kappa shape index (κ3) is 2.20. The first-order valence-electron chi connectivity index (χ1n) is 3.67. The molecule has 1 unspecified atom stereocenters. The van der Waals surface area contributed by atoms with Crippen molar-refractivity contribution in [2.45, 2.75) is 6.10 Å². The number of benzene rings is 1. The molecule has 0 radical (unpaired) electrons. The summed E-state index contributed by atoms with van der Waals surface area (Å²) >= 11 is 5.80. The number of aliphatic carboxylic acids is 1. The molecular weight excluding hydrogens is 192 g/mol. The lowest BCUT2D eigenvalue weighted by molar-refractivity contribution is -0.148. The second kappa shape index (κ2) is 4.25. The van der Waals surface area contributed by atoms with Crippen molar-refractivity contribution in [1.82, 2.24) is 0 Å². The Balaban J connectivity index is 3.04. The molecule has 0 heterocycles. The Morgan fingerprint density at radius 1 is 1.54 bits per heavy atom. The zero-order valence-electron chi connectivity index (χ0n) is 7.03. The number of carboxylic acids is 1. The average molecular weight is 201 g/mol. The molecule has 0 bridgehead atoms. The Bertz CT molecular complexity index is 311. The van der Waals surface area contributed by atoms with Crippen molar-refractivity contribution in [3.63, 3.8) is 0 Å². The van der Waals surface area contributed by atoms with Gasteiger partial charge in [-0.2, -0.15) is 0 Å². The molecule has 0 aliphatic carbocycles. The Labute approximate surface area is 80.9 Å². The topological polar surface area (TPSA) is 46.5 Å². The standard InChI is InChI=1S/C9H9ClO3/c1-13-8(9(11)12)6-4-2-3-5-7(6)10/h2-5,8H,1H3,(H,11,12). The third-order valence-corrected chi connectivity index (χ3v) is 1.99. The fourth-order valence-corrected chi connectivity index (χ4v) is 1.28. The van der Waals surface area contributed by atoms with E-state index in [1.54, 1.807) is 24.3 Å². The predicted octanol–water partition coefficient (Wildman–Crippen LogP) is 2.11. The van der Waals surface area contributed by atoms with Crippen molar-refractivity contribution in [1.29, 1.82) is 0 Å². The van der Waals surface area contributed by atoms with Crippen molar-refractivity contribution >= 4 is 17.6 Å². The van der Waals surface area contributed by atoms with E-state index < -0.39 is 12.1 Å². The zero-order chi connectivity index (χ0) is 9.84. The third-order valence-electron chi connectivity index (χ3n) is 1.65. The van der Waals surface area contributed by atoms with E-state index in [1.165, 1.54) is 7.11 Å². The van der Waals surface area contributed by atoms with Crippen molar-refractivity contribution in [2.75, 3.05) is 7.11 Å². The lowest BCUT2D eigenvalue weighted by Crippen LogP contribution is -2.13. The van der Waals surface area contributed by atoms with Crippen LogP contribution in [0.1, 0.15) is 11.7 Å². The summed E-state index contributed by atoms with van der Waals surface area (Å²) in [5, 5.41) is 9.17. The molecule has 70 valence electrons. The molecule has 1 aromatic carbocycles. The van der Waals surface area contributed by atoms with Crippen LogP contribution >= 0.6 is 11.6 Å². The molecule has 0 aliphatic rings. The van der Waals surface area contributed by atoms with Crippen molar-refractivity contribution in [3.05, 3.63) is 34.9 Å². The van der Waals surface area contributed by atoms with Gasteiger partial charge in [0.15, 0.2) is 6.10 Å². The Morgan fingerprint density at radius 2 is 2.15 bits per heavy atom. The summed E-state index contributed by atoms with van der Waals surface area (Å²) in [4.78, 5) is 10.7. The number of methoxy groups -OCH3 is 1. The molecule has 0 aromatic heterocycles. The van der Waals surface area contributed by atoms with E-state index in [0.717, 1.165) is 0 Å². The number of rotatable bonds is 3. The minimum atomic E-state index is -1.05. The van der Waals surface area contributed by atoms with Gasteiger partial charge >= 0.3 is 5.97 Å². The summed E-state index contributed by atoms with van der Waals surface area (Å²) in [5.41, 5.74) is 0.471. The average Bonchev–Trinajstić information content (AvgIpc) is 2.09. The second-order valence-corrected chi connectivity index (χ2v) is 2.88. The maximum atomic E-state index is 10.7. The summed E-state index contributed by atoms with van der Waals surface area (Å²) in [5.74, 6) is -1.05. The highest BCUT2D eigenvalue weighted by atomic mass is 35.5.